The summed E-state index contributed by atoms with van der Waals surface area (Å²) in [7, 11) is -5.10. The number of benzene rings is 1. The molecule has 19 heavy (non-hydrogen) atoms. The van der Waals surface area contributed by atoms with Gasteiger partial charge in [-0.15, -0.1) is 10.3 Å². The van der Waals surface area contributed by atoms with Gasteiger partial charge in [-0.05, 0) is 24.6 Å². The fraction of sp³-hybridized carbons (Fsp3) is 0.200. The molecule has 0 bridgehead atoms. The fourth-order valence-corrected chi connectivity index (χ4v) is 2.31. The molecule has 0 fully saturated rings. The zero-order chi connectivity index (χ0) is 14.1. The minimum absolute atomic E-state index is 0. The molecule has 1 aromatic rings. The molecule has 0 aliphatic carbocycles. The van der Waals surface area contributed by atoms with Crippen LogP contribution in [-0.2, 0) is 16.5 Å². The van der Waals surface area contributed by atoms with E-state index in [1.54, 1.807) is 0 Å². The first-order valence-corrected chi connectivity index (χ1v) is 6.19. The zero-order valence-electron chi connectivity index (χ0n) is 10.3. The van der Waals surface area contributed by atoms with Crippen LogP contribution >= 0.6 is 0 Å². The van der Waals surface area contributed by atoms with Crippen molar-refractivity contribution in [2.75, 3.05) is 0 Å². The second kappa shape index (κ2) is 6.74. The molecule has 0 amide bonds. The molecule has 98 valence electrons. The van der Waals surface area contributed by atoms with E-state index in [0.717, 1.165) is 19.1 Å². The third-order valence-corrected chi connectivity index (χ3v) is 3.30. The van der Waals surface area contributed by atoms with E-state index in [1.165, 1.54) is 0 Å². The molecule has 0 N–H and O–H groups in total. The van der Waals surface area contributed by atoms with E-state index in [4.69, 9.17) is 6.42 Å². The van der Waals surface area contributed by atoms with Crippen LogP contribution < -0.4 is 51.4 Å². The van der Waals surface area contributed by atoms with Crippen LogP contribution in [0.25, 0.3) is 0 Å². The van der Waals surface area contributed by atoms with Crippen molar-refractivity contribution in [2.45, 2.75) is 18.1 Å². The normalized spacial score (nSPS) is 11.6. The smallest absolute Gasteiger partial charge is 0.449 e. The van der Waals surface area contributed by atoms with Crippen LogP contribution in [0.15, 0.2) is 17.0 Å². The van der Waals surface area contributed by atoms with Gasteiger partial charge in [0.1, 0.15) is 4.90 Å². The number of halogens is 4. The summed E-state index contributed by atoms with van der Waals surface area (Å²) in [5, 5.41) is 0. The van der Waals surface area contributed by atoms with Crippen LogP contribution in [0.5, 0.6) is 0 Å². The maximum absolute atomic E-state index is 12.9. The minimum Gasteiger partial charge on any atom is -0.449 e. The number of hydrogen-bond donors (Lipinski definition) is 0. The standard InChI is InChI=1S/C10H8BF4O2S.K/c1-3-8-4-9(6-11(12,13)14)7(2)10(5-8)18(15,16)17;/h1,4-5H,6H2,2H3;/q-1;+1. The maximum Gasteiger partial charge on any atom is 1.00 e. The van der Waals surface area contributed by atoms with Crippen LogP contribution in [0.2, 0.25) is 0 Å². The fourth-order valence-electron chi connectivity index (χ4n) is 1.54. The molecule has 1 aromatic carbocycles. The van der Waals surface area contributed by atoms with Crippen LogP contribution in [0, 0.1) is 19.3 Å². The third-order valence-electron chi connectivity index (χ3n) is 2.35. The molecule has 0 saturated heterocycles. The van der Waals surface area contributed by atoms with Gasteiger partial charge in [-0.3, -0.25) is 0 Å². The van der Waals surface area contributed by atoms with Crippen molar-refractivity contribution in [3.8, 4) is 12.3 Å². The summed E-state index contributed by atoms with van der Waals surface area (Å²) in [5.74, 6) is 2.00. The number of terminal acetylenes is 1. The number of hydrogen-bond acceptors (Lipinski definition) is 2. The summed E-state index contributed by atoms with van der Waals surface area (Å²) in [6.45, 7) is -4.05. The van der Waals surface area contributed by atoms with Gasteiger partial charge >= 0.3 is 68.6 Å². The molecule has 9 heteroatoms. The Morgan fingerprint density at radius 2 is 1.84 bits per heavy atom. The summed E-state index contributed by atoms with van der Waals surface area (Å²) in [5.41, 5.74) is -0.697. The topological polar surface area (TPSA) is 34.1 Å². The Hall–Kier alpha value is 0.151. The average molecular weight is 318 g/mol. The first-order valence-electron chi connectivity index (χ1n) is 4.80. The van der Waals surface area contributed by atoms with Gasteiger partial charge in [0.2, 0.25) is 0 Å². The first kappa shape index (κ1) is 19.2. The Labute approximate surface area is 151 Å². The van der Waals surface area contributed by atoms with Crippen molar-refractivity contribution in [3.05, 3.63) is 28.8 Å². The summed E-state index contributed by atoms with van der Waals surface area (Å²) in [6, 6.07) is 1.89. The van der Waals surface area contributed by atoms with Crippen molar-refractivity contribution in [1.82, 2.24) is 0 Å². The molecule has 1 rings (SSSR count). The molecule has 2 nitrogen and oxygen atoms in total. The molecular weight excluding hydrogens is 310 g/mol. The maximum atomic E-state index is 12.9. The van der Waals surface area contributed by atoms with Gasteiger partial charge < -0.3 is 12.9 Å². The Bertz CT molecular complexity index is 620. The van der Waals surface area contributed by atoms with Gasteiger partial charge in [0, 0.05) is 5.56 Å². The Balaban J connectivity index is 0.00000324. The van der Waals surface area contributed by atoms with E-state index in [2.05, 4.69) is 0 Å². The van der Waals surface area contributed by atoms with Crippen LogP contribution in [0.4, 0.5) is 16.8 Å². The van der Waals surface area contributed by atoms with Crippen molar-refractivity contribution in [1.29, 1.82) is 0 Å². The van der Waals surface area contributed by atoms with E-state index in [1.807, 2.05) is 5.92 Å². The summed E-state index contributed by atoms with van der Waals surface area (Å²) >= 11 is 0. The zero-order valence-corrected chi connectivity index (χ0v) is 14.2. The second-order valence-corrected chi connectivity index (χ2v) is 5.07. The van der Waals surface area contributed by atoms with Crippen LogP contribution in [0.1, 0.15) is 16.7 Å². The van der Waals surface area contributed by atoms with Gasteiger partial charge in [0.05, 0.1) is 0 Å². The molecule has 0 aliphatic heterocycles. The van der Waals surface area contributed by atoms with Gasteiger partial charge in [0.25, 0.3) is 0 Å². The van der Waals surface area contributed by atoms with E-state index in [9.17, 15) is 25.3 Å². The van der Waals surface area contributed by atoms with Crippen molar-refractivity contribution < 1.29 is 76.6 Å². The largest absolute Gasteiger partial charge is 1.00 e. The predicted molar refractivity (Wildman–Crippen MR) is 60.2 cm³/mol. The molecule has 0 spiro atoms. The summed E-state index contributed by atoms with van der Waals surface area (Å²) in [6.07, 6.45) is 3.70. The Kier molecular flexibility index (Phi) is 6.79. The van der Waals surface area contributed by atoms with Gasteiger partial charge in [0.15, 0.2) is 0 Å². The molecule has 0 saturated carbocycles. The monoisotopic (exact) mass is 318 g/mol. The minimum atomic E-state index is -5.16. The quantitative estimate of drug-likeness (QED) is 0.328. The first-order chi connectivity index (χ1) is 8.04. The Morgan fingerprint density at radius 3 is 2.21 bits per heavy atom. The molecule has 0 aliphatic rings. The van der Waals surface area contributed by atoms with Crippen molar-refractivity contribution >= 4 is 17.2 Å². The second-order valence-electron chi connectivity index (χ2n) is 3.76. The van der Waals surface area contributed by atoms with E-state index < -0.39 is 28.4 Å². The van der Waals surface area contributed by atoms with E-state index >= 15 is 0 Å². The molecule has 0 radical (unpaired) electrons. The number of rotatable bonds is 3. The Morgan fingerprint density at radius 1 is 1.32 bits per heavy atom. The average Bonchev–Trinajstić information content (AvgIpc) is 2.17. The van der Waals surface area contributed by atoms with Crippen molar-refractivity contribution in [3.63, 3.8) is 0 Å². The van der Waals surface area contributed by atoms with Gasteiger partial charge in [-0.2, -0.15) is 8.42 Å². The van der Waals surface area contributed by atoms with E-state index in [-0.39, 0.29) is 68.1 Å². The molecule has 0 heterocycles. The van der Waals surface area contributed by atoms with Gasteiger partial charge in [-0.25, -0.2) is 0 Å². The molecular formula is C10H8BF4KO2S. The van der Waals surface area contributed by atoms with Crippen molar-refractivity contribution in [2.24, 2.45) is 0 Å². The van der Waals surface area contributed by atoms with Crippen LogP contribution in [-0.4, -0.2) is 15.4 Å². The SMILES string of the molecule is C#Cc1cc(C[B-](F)(F)F)c(C)c(S(=O)(=O)F)c1.[K+]. The van der Waals surface area contributed by atoms with Crippen LogP contribution in [0.3, 0.4) is 0 Å². The summed E-state index contributed by atoms with van der Waals surface area (Å²) in [4.78, 5) is -0.812. The molecule has 0 aromatic heterocycles. The third kappa shape index (κ3) is 5.57. The molecule has 0 atom stereocenters. The van der Waals surface area contributed by atoms with E-state index in [0.29, 0.717) is 0 Å². The predicted octanol–water partition coefficient (Wildman–Crippen LogP) is -0.432. The molecule has 0 unspecified atom stereocenters. The summed E-state index contributed by atoms with van der Waals surface area (Å²) < 4.78 is 71.7. The van der Waals surface area contributed by atoms with Gasteiger partial charge in [-0.1, -0.05) is 17.8 Å².